The van der Waals surface area contributed by atoms with E-state index in [1.54, 1.807) is 36.5 Å². The Hall–Kier alpha value is -1.59. The number of pyridine rings is 1. The van der Waals surface area contributed by atoms with E-state index in [0.29, 0.717) is 21.9 Å². The van der Waals surface area contributed by atoms with Gasteiger partial charge in [-0.15, -0.1) is 0 Å². The predicted octanol–water partition coefficient (Wildman–Crippen LogP) is 3.39. The maximum Gasteiger partial charge on any atom is 0.425 e. The van der Waals surface area contributed by atoms with Crippen LogP contribution in [-0.2, 0) is 0 Å². The van der Waals surface area contributed by atoms with E-state index in [2.05, 4.69) is 20.9 Å². The smallest absolute Gasteiger partial charge is 0.406 e. The van der Waals surface area contributed by atoms with Crippen molar-refractivity contribution in [1.82, 2.24) is 9.55 Å². The van der Waals surface area contributed by atoms with Crippen LogP contribution in [0.5, 0.6) is 0 Å². The Balaban J connectivity index is 2.32. The molecule has 0 spiro atoms. The van der Waals surface area contributed by atoms with E-state index in [9.17, 15) is 4.79 Å². The summed E-state index contributed by atoms with van der Waals surface area (Å²) in [5, 5.41) is 0.607. The molecule has 1 aromatic carbocycles. The summed E-state index contributed by atoms with van der Waals surface area (Å²) in [5.41, 5.74) is 1.58. The molecule has 0 amide bonds. The quantitative estimate of drug-likeness (QED) is 0.689. The zero-order valence-corrected chi connectivity index (χ0v) is 11.3. The molecule has 2 heterocycles. The van der Waals surface area contributed by atoms with E-state index in [1.807, 2.05) is 0 Å². The van der Waals surface area contributed by atoms with Gasteiger partial charge in [-0.1, -0.05) is 11.6 Å². The number of rotatable bonds is 1. The molecule has 0 radical (unpaired) electrons. The van der Waals surface area contributed by atoms with Crippen LogP contribution < -0.4 is 5.76 Å². The zero-order valence-electron chi connectivity index (χ0n) is 8.93. The van der Waals surface area contributed by atoms with Crippen molar-refractivity contribution in [3.8, 4) is 5.69 Å². The molecule has 0 fully saturated rings. The fourth-order valence-electron chi connectivity index (χ4n) is 1.70. The lowest BCUT2D eigenvalue weighted by Gasteiger charge is -2.01. The van der Waals surface area contributed by atoms with E-state index in [1.165, 1.54) is 4.57 Å². The van der Waals surface area contributed by atoms with Gasteiger partial charge in [0, 0.05) is 21.8 Å². The summed E-state index contributed by atoms with van der Waals surface area (Å²) >= 11 is 9.10. The third kappa shape index (κ3) is 1.85. The van der Waals surface area contributed by atoms with Crippen LogP contribution in [0.1, 0.15) is 0 Å². The van der Waals surface area contributed by atoms with Crippen molar-refractivity contribution >= 4 is 38.8 Å². The molecule has 0 aliphatic heterocycles. The molecule has 3 rings (SSSR count). The lowest BCUT2D eigenvalue weighted by Crippen LogP contribution is -2.11. The van der Waals surface area contributed by atoms with Gasteiger partial charge in [-0.2, -0.15) is 0 Å². The van der Waals surface area contributed by atoms with Gasteiger partial charge in [0.05, 0.1) is 5.69 Å². The maximum absolute atomic E-state index is 11.8. The highest BCUT2D eigenvalue weighted by Crippen LogP contribution is 2.20. The number of fused-ring (bicyclic) bond motifs is 1. The van der Waals surface area contributed by atoms with Crippen LogP contribution in [0.4, 0.5) is 0 Å². The van der Waals surface area contributed by atoms with Crippen LogP contribution in [0.15, 0.2) is 50.2 Å². The zero-order chi connectivity index (χ0) is 12.7. The van der Waals surface area contributed by atoms with E-state index in [0.717, 1.165) is 4.47 Å². The number of hydrogen-bond acceptors (Lipinski definition) is 3. The Morgan fingerprint density at radius 3 is 2.72 bits per heavy atom. The molecule has 0 saturated carbocycles. The molecule has 18 heavy (non-hydrogen) atoms. The Labute approximate surface area is 115 Å². The highest BCUT2D eigenvalue weighted by Gasteiger charge is 2.12. The molecule has 0 saturated heterocycles. The van der Waals surface area contributed by atoms with Crippen molar-refractivity contribution in [3.05, 3.63) is 56.6 Å². The second kappa shape index (κ2) is 4.26. The summed E-state index contributed by atoms with van der Waals surface area (Å²) in [6.45, 7) is 0. The van der Waals surface area contributed by atoms with Gasteiger partial charge in [-0.3, -0.25) is 0 Å². The average molecular weight is 326 g/mol. The topological polar surface area (TPSA) is 48.0 Å². The summed E-state index contributed by atoms with van der Waals surface area (Å²) in [7, 11) is 0. The van der Waals surface area contributed by atoms with Crippen molar-refractivity contribution in [2.75, 3.05) is 0 Å². The SMILES string of the molecule is O=c1oc2cc(Br)cnc2n1-c1ccc(Cl)cc1. The summed E-state index contributed by atoms with van der Waals surface area (Å²) in [6, 6.07) is 8.60. The lowest BCUT2D eigenvalue weighted by atomic mass is 10.3. The Morgan fingerprint density at radius 1 is 1.28 bits per heavy atom. The van der Waals surface area contributed by atoms with Crippen molar-refractivity contribution in [3.63, 3.8) is 0 Å². The Morgan fingerprint density at radius 2 is 2.00 bits per heavy atom. The van der Waals surface area contributed by atoms with E-state index in [4.69, 9.17) is 16.0 Å². The molecule has 0 N–H and O–H groups in total. The summed E-state index contributed by atoms with van der Waals surface area (Å²) in [5.74, 6) is -0.474. The molecule has 3 aromatic rings. The Bertz CT molecular complexity index is 777. The van der Waals surface area contributed by atoms with E-state index in [-0.39, 0.29) is 0 Å². The summed E-state index contributed by atoms with van der Waals surface area (Å²) < 4.78 is 7.30. The predicted molar refractivity (Wildman–Crippen MR) is 72.3 cm³/mol. The van der Waals surface area contributed by atoms with Crippen LogP contribution >= 0.6 is 27.5 Å². The molecule has 0 unspecified atom stereocenters. The van der Waals surface area contributed by atoms with Crippen LogP contribution in [0.25, 0.3) is 16.9 Å². The second-order valence-corrected chi connectivity index (χ2v) is 5.01. The second-order valence-electron chi connectivity index (χ2n) is 3.66. The first-order chi connectivity index (χ1) is 8.65. The number of benzene rings is 1. The first kappa shape index (κ1) is 11.5. The van der Waals surface area contributed by atoms with E-state index < -0.39 is 5.76 Å². The highest BCUT2D eigenvalue weighted by atomic mass is 79.9. The van der Waals surface area contributed by atoms with Gasteiger partial charge in [0.25, 0.3) is 0 Å². The number of aromatic nitrogens is 2. The van der Waals surface area contributed by atoms with Crippen molar-refractivity contribution in [2.24, 2.45) is 0 Å². The maximum atomic E-state index is 11.8. The van der Waals surface area contributed by atoms with Gasteiger partial charge < -0.3 is 4.42 Å². The van der Waals surface area contributed by atoms with Gasteiger partial charge in [-0.05, 0) is 40.2 Å². The van der Waals surface area contributed by atoms with E-state index >= 15 is 0 Å². The minimum absolute atomic E-state index is 0.435. The molecular weight excluding hydrogens is 320 g/mol. The molecule has 4 nitrogen and oxygen atoms in total. The minimum Gasteiger partial charge on any atom is -0.406 e. The Kier molecular flexibility index (Phi) is 2.72. The summed E-state index contributed by atoms with van der Waals surface area (Å²) in [6.07, 6.45) is 1.61. The van der Waals surface area contributed by atoms with Crippen molar-refractivity contribution in [1.29, 1.82) is 0 Å². The largest absolute Gasteiger partial charge is 0.425 e. The normalized spacial score (nSPS) is 11.0. The molecule has 0 aliphatic rings. The number of hydrogen-bond donors (Lipinski definition) is 0. The number of nitrogens with zero attached hydrogens (tertiary/aromatic N) is 2. The number of oxazole rings is 1. The molecule has 6 heteroatoms. The lowest BCUT2D eigenvalue weighted by molar-refractivity contribution is 0.540. The van der Waals surface area contributed by atoms with Crippen LogP contribution in [0.3, 0.4) is 0 Å². The molecular formula is C12H6BrClN2O2. The fraction of sp³-hybridized carbons (Fsp3) is 0. The monoisotopic (exact) mass is 324 g/mol. The summed E-state index contributed by atoms with van der Waals surface area (Å²) in [4.78, 5) is 16.0. The molecule has 0 bridgehead atoms. The minimum atomic E-state index is -0.474. The van der Waals surface area contributed by atoms with Gasteiger partial charge in [0.1, 0.15) is 0 Å². The van der Waals surface area contributed by atoms with Crippen molar-refractivity contribution < 1.29 is 4.42 Å². The number of halogens is 2. The molecule has 90 valence electrons. The van der Waals surface area contributed by atoms with Crippen LogP contribution in [-0.4, -0.2) is 9.55 Å². The third-order valence-corrected chi connectivity index (χ3v) is 3.16. The highest BCUT2D eigenvalue weighted by molar-refractivity contribution is 9.10. The standard InChI is InChI=1S/C12H6BrClN2O2/c13-7-5-10-11(15-6-7)16(12(17)18-10)9-3-1-8(14)2-4-9/h1-6H. The average Bonchev–Trinajstić information content (AvgIpc) is 2.65. The van der Waals surface area contributed by atoms with Crippen LogP contribution in [0.2, 0.25) is 5.02 Å². The molecule has 0 aliphatic carbocycles. The van der Waals surface area contributed by atoms with Gasteiger partial charge in [-0.25, -0.2) is 14.3 Å². The van der Waals surface area contributed by atoms with Crippen molar-refractivity contribution in [2.45, 2.75) is 0 Å². The van der Waals surface area contributed by atoms with Crippen LogP contribution in [0, 0.1) is 0 Å². The van der Waals surface area contributed by atoms with Gasteiger partial charge in [0.2, 0.25) is 0 Å². The molecule has 2 aromatic heterocycles. The third-order valence-electron chi connectivity index (χ3n) is 2.48. The van der Waals surface area contributed by atoms with Gasteiger partial charge in [0.15, 0.2) is 11.2 Å². The molecule has 0 atom stereocenters. The van der Waals surface area contributed by atoms with Gasteiger partial charge >= 0.3 is 5.76 Å². The fourth-order valence-corrected chi connectivity index (χ4v) is 2.14. The first-order valence-corrected chi connectivity index (χ1v) is 6.25. The first-order valence-electron chi connectivity index (χ1n) is 5.08.